The van der Waals surface area contributed by atoms with Crippen LogP contribution in [0, 0.1) is 0 Å². The summed E-state index contributed by atoms with van der Waals surface area (Å²) in [7, 11) is -3.13. The van der Waals surface area contributed by atoms with Crippen LogP contribution in [0.3, 0.4) is 0 Å². The quantitative estimate of drug-likeness (QED) is 0.742. The van der Waals surface area contributed by atoms with Crippen molar-refractivity contribution in [3.63, 3.8) is 0 Å². The number of aliphatic hydroxyl groups is 1. The summed E-state index contributed by atoms with van der Waals surface area (Å²) in [5.74, 6) is 0. The molecular formula is C8H14O3S2. The fourth-order valence-corrected chi connectivity index (χ4v) is 0.622. The SMILES string of the molecule is C=CS(=O)(=O)C=C.CCCC(O)=S. The van der Waals surface area contributed by atoms with E-state index in [2.05, 4.69) is 25.4 Å². The van der Waals surface area contributed by atoms with Gasteiger partial charge in [-0.2, -0.15) is 0 Å². The molecular weight excluding hydrogens is 208 g/mol. The van der Waals surface area contributed by atoms with Gasteiger partial charge in [0.2, 0.25) is 0 Å². The van der Waals surface area contributed by atoms with Gasteiger partial charge in [0.25, 0.3) is 0 Å². The summed E-state index contributed by atoms with van der Waals surface area (Å²) in [6, 6.07) is 0. The first-order valence-corrected chi connectivity index (χ1v) is 5.63. The van der Waals surface area contributed by atoms with E-state index >= 15 is 0 Å². The maximum absolute atomic E-state index is 10.1. The molecule has 5 heteroatoms. The Bertz CT molecular complexity index is 251. The number of thiocarbonyl (C=S) groups is 1. The van der Waals surface area contributed by atoms with E-state index in [-0.39, 0.29) is 5.05 Å². The average molecular weight is 222 g/mol. The summed E-state index contributed by atoms with van der Waals surface area (Å²) >= 11 is 4.35. The van der Waals surface area contributed by atoms with E-state index in [1.54, 1.807) is 0 Å². The van der Waals surface area contributed by atoms with Crippen LogP contribution < -0.4 is 0 Å². The van der Waals surface area contributed by atoms with Crippen molar-refractivity contribution < 1.29 is 13.5 Å². The van der Waals surface area contributed by atoms with Gasteiger partial charge in [0, 0.05) is 17.2 Å². The van der Waals surface area contributed by atoms with E-state index in [0.29, 0.717) is 6.42 Å². The standard InChI is InChI=1S/C4H6O2S.C4H8OS/c1-3-7(5,6)4-2;1-2-3-4(5)6/h3-4H,1-2H2;2-3H2,1H3,(H,5,6). The molecule has 0 spiro atoms. The van der Waals surface area contributed by atoms with Gasteiger partial charge < -0.3 is 5.11 Å². The Labute approximate surface area is 84.7 Å². The van der Waals surface area contributed by atoms with Crippen LogP contribution in [0.25, 0.3) is 0 Å². The van der Waals surface area contributed by atoms with Crippen LogP contribution in [-0.2, 0) is 9.84 Å². The molecule has 0 bridgehead atoms. The van der Waals surface area contributed by atoms with Gasteiger partial charge in [-0.15, -0.1) is 0 Å². The van der Waals surface area contributed by atoms with E-state index in [9.17, 15) is 8.42 Å². The molecule has 0 aliphatic rings. The average Bonchev–Trinajstić information content (AvgIpc) is 2.05. The lowest BCUT2D eigenvalue weighted by molar-refractivity contribution is 0.546. The van der Waals surface area contributed by atoms with Crippen LogP contribution in [0.5, 0.6) is 0 Å². The van der Waals surface area contributed by atoms with Gasteiger partial charge >= 0.3 is 0 Å². The Kier molecular flexibility index (Phi) is 9.06. The van der Waals surface area contributed by atoms with Crippen LogP contribution in [0.2, 0.25) is 0 Å². The van der Waals surface area contributed by atoms with E-state index in [1.165, 1.54) is 0 Å². The third-order valence-corrected chi connectivity index (χ3v) is 2.06. The predicted octanol–water partition coefficient (Wildman–Crippen LogP) is 2.36. The van der Waals surface area contributed by atoms with Gasteiger partial charge in [0.1, 0.15) is 0 Å². The second-order valence-corrected chi connectivity index (χ2v) is 4.38. The summed E-state index contributed by atoms with van der Waals surface area (Å²) in [5, 5.41) is 10.1. The lowest BCUT2D eigenvalue weighted by atomic mass is 10.4. The summed E-state index contributed by atoms with van der Waals surface area (Å²) in [5.41, 5.74) is 0. The molecule has 0 rings (SSSR count). The van der Waals surface area contributed by atoms with Crippen molar-refractivity contribution in [3.8, 4) is 0 Å². The topological polar surface area (TPSA) is 54.4 Å². The molecule has 0 radical (unpaired) electrons. The monoisotopic (exact) mass is 222 g/mol. The zero-order chi connectivity index (χ0) is 10.9. The maximum atomic E-state index is 10.1. The zero-order valence-corrected chi connectivity index (χ0v) is 9.20. The van der Waals surface area contributed by atoms with Gasteiger partial charge in [-0.25, -0.2) is 8.42 Å². The third kappa shape index (κ3) is 14.2. The van der Waals surface area contributed by atoms with E-state index in [4.69, 9.17) is 5.11 Å². The predicted molar refractivity (Wildman–Crippen MR) is 59.4 cm³/mol. The van der Waals surface area contributed by atoms with Crippen molar-refractivity contribution in [2.24, 2.45) is 0 Å². The number of sulfone groups is 1. The molecule has 0 amide bonds. The molecule has 0 aromatic rings. The molecule has 0 saturated carbocycles. The van der Waals surface area contributed by atoms with Gasteiger partial charge in [-0.1, -0.05) is 20.1 Å². The molecule has 0 saturated heterocycles. The minimum Gasteiger partial charge on any atom is -0.502 e. The number of hydrogen-bond donors (Lipinski definition) is 1. The highest BCUT2D eigenvalue weighted by Crippen LogP contribution is 1.87. The van der Waals surface area contributed by atoms with Crippen LogP contribution in [0.1, 0.15) is 19.8 Å². The molecule has 3 nitrogen and oxygen atoms in total. The van der Waals surface area contributed by atoms with E-state index in [0.717, 1.165) is 17.2 Å². The summed E-state index contributed by atoms with van der Waals surface area (Å²) < 4.78 is 20.3. The largest absolute Gasteiger partial charge is 0.502 e. The smallest absolute Gasteiger partial charge is 0.191 e. The highest BCUT2D eigenvalue weighted by atomic mass is 32.2. The van der Waals surface area contributed by atoms with Crippen LogP contribution >= 0.6 is 12.2 Å². The molecule has 13 heavy (non-hydrogen) atoms. The molecule has 0 fully saturated rings. The van der Waals surface area contributed by atoms with Crippen LogP contribution in [-0.4, -0.2) is 18.6 Å². The zero-order valence-electron chi connectivity index (χ0n) is 7.56. The fraction of sp³-hybridized carbons (Fsp3) is 0.375. The summed E-state index contributed by atoms with van der Waals surface area (Å²) in [6.07, 6.45) is 1.60. The Morgan fingerprint density at radius 3 is 1.85 bits per heavy atom. The minimum absolute atomic E-state index is 0.123. The molecule has 0 aromatic carbocycles. The summed E-state index contributed by atoms with van der Waals surface area (Å²) in [4.78, 5) is 0. The highest BCUT2D eigenvalue weighted by molar-refractivity contribution is 7.97. The first-order valence-electron chi connectivity index (χ1n) is 3.61. The van der Waals surface area contributed by atoms with E-state index < -0.39 is 9.84 Å². The van der Waals surface area contributed by atoms with Crippen molar-refractivity contribution >= 4 is 27.1 Å². The number of rotatable bonds is 4. The molecule has 0 aliphatic heterocycles. The van der Waals surface area contributed by atoms with Crippen LogP contribution in [0.4, 0.5) is 0 Å². The maximum Gasteiger partial charge on any atom is 0.191 e. The van der Waals surface area contributed by atoms with Crippen molar-refractivity contribution in [1.82, 2.24) is 0 Å². The molecule has 0 aromatic heterocycles. The Balaban J connectivity index is 0. The third-order valence-electron chi connectivity index (χ3n) is 0.928. The van der Waals surface area contributed by atoms with E-state index in [1.807, 2.05) is 6.92 Å². The van der Waals surface area contributed by atoms with Crippen molar-refractivity contribution in [1.29, 1.82) is 0 Å². The molecule has 0 heterocycles. The lowest BCUT2D eigenvalue weighted by Crippen LogP contribution is -1.86. The Morgan fingerprint density at radius 1 is 1.46 bits per heavy atom. The molecule has 0 atom stereocenters. The minimum atomic E-state index is -3.13. The number of aliphatic hydroxyl groups excluding tert-OH is 1. The molecule has 76 valence electrons. The van der Waals surface area contributed by atoms with Crippen molar-refractivity contribution in [2.45, 2.75) is 19.8 Å². The fourth-order valence-electron chi connectivity index (χ4n) is 0.282. The van der Waals surface area contributed by atoms with Crippen LogP contribution in [0.15, 0.2) is 24.0 Å². The van der Waals surface area contributed by atoms with Gasteiger partial charge in [-0.3, -0.25) is 0 Å². The van der Waals surface area contributed by atoms with Gasteiger partial charge in [0.15, 0.2) is 14.9 Å². The first-order chi connectivity index (χ1) is 5.89. The lowest BCUT2D eigenvalue weighted by Gasteiger charge is -1.84. The van der Waals surface area contributed by atoms with Crippen molar-refractivity contribution in [2.75, 3.05) is 0 Å². The first kappa shape index (κ1) is 14.8. The normalized spacial score (nSPS) is 9.31. The van der Waals surface area contributed by atoms with Crippen molar-refractivity contribution in [3.05, 3.63) is 24.0 Å². The second kappa shape index (κ2) is 7.94. The Morgan fingerprint density at radius 2 is 1.85 bits per heavy atom. The second-order valence-electron chi connectivity index (χ2n) is 2.07. The van der Waals surface area contributed by atoms with Gasteiger partial charge in [-0.05, 0) is 18.6 Å². The number of hydrogen-bond acceptors (Lipinski definition) is 3. The highest BCUT2D eigenvalue weighted by Gasteiger charge is 1.90. The Hall–Kier alpha value is -0.680. The molecule has 1 N–H and O–H groups in total. The summed E-state index contributed by atoms with van der Waals surface area (Å²) in [6.45, 7) is 8.06. The molecule has 0 aliphatic carbocycles. The van der Waals surface area contributed by atoms with Gasteiger partial charge in [0.05, 0.1) is 0 Å². The molecule has 0 unspecified atom stereocenters.